The first kappa shape index (κ1) is 15.6. The lowest BCUT2D eigenvalue weighted by molar-refractivity contribution is -0.131. The third kappa shape index (κ3) is 4.07. The first-order chi connectivity index (χ1) is 9.97. The molecule has 0 bridgehead atoms. The Morgan fingerprint density at radius 3 is 2.86 bits per heavy atom. The molecule has 0 saturated carbocycles. The molecule has 112 valence electrons. The Morgan fingerprint density at radius 2 is 2.19 bits per heavy atom. The number of carboxylic acids is 1. The zero-order valence-electron chi connectivity index (χ0n) is 11.5. The van der Waals surface area contributed by atoms with Crippen LogP contribution < -0.4 is 10.6 Å². The summed E-state index contributed by atoms with van der Waals surface area (Å²) in [5.41, 5.74) is 7.13. The van der Waals surface area contributed by atoms with Gasteiger partial charge >= 0.3 is 5.97 Å². The molecule has 3 N–H and O–H groups in total. The molecule has 1 fully saturated rings. The van der Waals surface area contributed by atoms with Crippen molar-refractivity contribution in [1.29, 1.82) is 0 Å². The lowest BCUT2D eigenvalue weighted by Crippen LogP contribution is -2.41. The van der Waals surface area contributed by atoms with Gasteiger partial charge in [-0.3, -0.25) is 4.79 Å². The molecule has 21 heavy (non-hydrogen) atoms. The summed E-state index contributed by atoms with van der Waals surface area (Å²) >= 11 is 3.43. The van der Waals surface area contributed by atoms with Gasteiger partial charge in [-0.05, 0) is 36.6 Å². The summed E-state index contributed by atoms with van der Waals surface area (Å²) in [5, 5.41) is 8.77. The molecule has 0 radical (unpaired) electrons. The topological polar surface area (TPSA) is 83.6 Å². The van der Waals surface area contributed by atoms with E-state index in [4.69, 9.17) is 10.8 Å². The number of halogens is 1. The van der Waals surface area contributed by atoms with Crippen LogP contribution >= 0.6 is 15.9 Å². The fourth-order valence-corrected chi connectivity index (χ4v) is 2.87. The molecule has 1 aliphatic heterocycles. The maximum Gasteiger partial charge on any atom is 0.328 e. The molecule has 5 nitrogen and oxygen atoms in total. The molecule has 1 aromatic rings. The van der Waals surface area contributed by atoms with Gasteiger partial charge in [-0.1, -0.05) is 22.0 Å². The number of aliphatic carboxylic acids is 1. The molecule has 0 aromatic heterocycles. The lowest BCUT2D eigenvalue weighted by atomic mass is 9.96. The van der Waals surface area contributed by atoms with Gasteiger partial charge in [0, 0.05) is 29.3 Å². The highest BCUT2D eigenvalue weighted by atomic mass is 79.9. The predicted molar refractivity (Wildman–Crippen MR) is 84.9 cm³/mol. The van der Waals surface area contributed by atoms with E-state index in [1.54, 1.807) is 6.08 Å². The summed E-state index contributed by atoms with van der Waals surface area (Å²) in [7, 11) is 0. The maximum atomic E-state index is 11.4. The molecule has 1 saturated heterocycles. The van der Waals surface area contributed by atoms with Crippen LogP contribution in [-0.4, -0.2) is 30.1 Å². The van der Waals surface area contributed by atoms with Crippen molar-refractivity contribution < 1.29 is 14.7 Å². The van der Waals surface area contributed by atoms with E-state index in [1.165, 1.54) is 0 Å². The summed E-state index contributed by atoms with van der Waals surface area (Å²) in [6, 6.07) is 5.65. The fraction of sp³-hybridized carbons (Fsp3) is 0.333. The Kier molecular flexibility index (Phi) is 5.01. The van der Waals surface area contributed by atoms with Crippen molar-refractivity contribution >= 4 is 39.6 Å². The Hall–Kier alpha value is -1.82. The monoisotopic (exact) mass is 352 g/mol. The number of carbonyl (C=O) groups excluding carboxylic acids is 1. The van der Waals surface area contributed by atoms with E-state index in [0.717, 1.165) is 41.2 Å². The first-order valence-electron chi connectivity index (χ1n) is 6.72. The van der Waals surface area contributed by atoms with Crippen molar-refractivity contribution in [2.24, 2.45) is 11.7 Å². The maximum absolute atomic E-state index is 11.4. The van der Waals surface area contributed by atoms with Gasteiger partial charge in [0.1, 0.15) is 0 Å². The number of nitrogens with zero attached hydrogens (tertiary/aromatic N) is 1. The van der Waals surface area contributed by atoms with E-state index in [0.29, 0.717) is 6.54 Å². The average molecular weight is 353 g/mol. The predicted octanol–water partition coefficient (Wildman–Crippen LogP) is 2.25. The standard InChI is InChI=1S/C15H17BrN2O3/c16-12-5-3-10(4-6-14(19)20)13(8-12)18-7-1-2-11(9-18)15(17)21/h3-6,8,11H,1-2,7,9H2,(H2,17,21)(H,19,20)/b6-4+. The number of carbonyl (C=O) groups is 2. The Balaban J connectivity index is 2.30. The van der Waals surface area contributed by atoms with E-state index >= 15 is 0 Å². The van der Waals surface area contributed by atoms with Gasteiger partial charge in [0.25, 0.3) is 0 Å². The van der Waals surface area contributed by atoms with Crippen LogP contribution in [0, 0.1) is 5.92 Å². The Labute approximate surface area is 131 Å². The number of anilines is 1. The van der Waals surface area contributed by atoms with Crippen LogP contribution in [0.3, 0.4) is 0 Å². The highest BCUT2D eigenvalue weighted by molar-refractivity contribution is 9.10. The van der Waals surface area contributed by atoms with Gasteiger partial charge in [-0.2, -0.15) is 0 Å². The molecule has 1 atom stereocenters. The Bertz CT molecular complexity index is 586. The number of amides is 1. The molecular weight excluding hydrogens is 336 g/mol. The SMILES string of the molecule is NC(=O)C1CCCN(c2cc(Br)ccc2/C=C/C(=O)O)C1. The minimum atomic E-state index is -0.988. The van der Waals surface area contributed by atoms with Gasteiger partial charge in [-0.25, -0.2) is 4.79 Å². The molecule has 1 aromatic carbocycles. The van der Waals surface area contributed by atoms with Crippen LogP contribution in [-0.2, 0) is 9.59 Å². The number of rotatable bonds is 4. The molecule has 1 aliphatic rings. The molecule has 1 unspecified atom stereocenters. The molecule has 6 heteroatoms. The van der Waals surface area contributed by atoms with Crippen molar-refractivity contribution in [3.63, 3.8) is 0 Å². The van der Waals surface area contributed by atoms with Crippen LogP contribution in [0.25, 0.3) is 6.08 Å². The molecule has 1 amide bonds. The van der Waals surface area contributed by atoms with Gasteiger partial charge in [0.2, 0.25) is 5.91 Å². The summed E-state index contributed by atoms with van der Waals surface area (Å²) in [4.78, 5) is 24.2. The normalized spacial score (nSPS) is 18.9. The minimum Gasteiger partial charge on any atom is -0.478 e. The van der Waals surface area contributed by atoms with Crippen LogP contribution in [0.2, 0.25) is 0 Å². The van der Waals surface area contributed by atoms with E-state index in [9.17, 15) is 9.59 Å². The number of benzene rings is 1. The van der Waals surface area contributed by atoms with E-state index in [-0.39, 0.29) is 11.8 Å². The number of primary amides is 1. The second-order valence-corrected chi connectivity index (χ2v) is 5.98. The fourth-order valence-electron chi connectivity index (χ4n) is 2.52. The minimum absolute atomic E-state index is 0.158. The number of hydrogen-bond acceptors (Lipinski definition) is 3. The molecule has 2 rings (SSSR count). The molecule has 1 heterocycles. The third-order valence-corrected chi connectivity index (χ3v) is 4.06. The zero-order chi connectivity index (χ0) is 15.4. The summed E-state index contributed by atoms with van der Waals surface area (Å²) < 4.78 is 0.908. The van der Waals surface area contributed by atoms with Gasteiger partial charge in [0.15, 0.2) is 0 Å². The van der Waals surface area contributed by atoms with Gasteiger partial charge < -0.3 is 15.7 Å². The summed E-state index contributed by atoms with van der Waals surface area (Å²) in [6.45, 7) is 1.40. The summed E-state index contributed by atoms with van der Waals surface area (Å²) in [6.07, 6.45) is 4.38. The van der Waals surface area contributed by atoms with Crippen molar-refractivity contribution in [2.45, 2.75) is 12.8 Å². The van der Waals surface area contributed by atoms with Crippen molar-refractivity contribution in [1.82, 2.24) is 0 Å². The smallest absolute Gasteiger partial charge is 0.328 e. The van der Waals surface area contributed by atoms with E-state index < -0.39 is 5.97 Å². The largest absolute Gasteiger partial charge is 0.478 e. The van der Waals surface area contributed by atoms with Crippen LogP contribution in [0.1, 0.15) is 18.4 Å². The highest BCUT2D eigenvalue weighted by Crippen LogP contribution is 2.30. The van der Waals surface area contributed by atoms with E-state index in [1.807, 2.05) is 18.2 Å². The second kappa shape index (κ2) is 6.76. The number of nitrogens with two attached hydrogens (primary N) is 1. The number of carboxylic acid groups (broad SMARTS) is 1. The van der Waals surface area contributed by atoms with Crippen molar-refractivity contribution in [2.75, 3.05) is 18.0 Å². The van der Waals surface area contributed by atoms with Gasteiger partial charge in [0.05, 0.1) is 5.92 Å². The summed E-state index contributed by atoms with van der Waals surface area (Å²) in [5.74, 6) is -1.43. The quantitative estimate of drug-likeness (QED) is 0.814. The number of piperidine rings is 1. The van der Waals surface area contributed by atoms with Crippen LogP contribution in [0.5, 0.6) is 0 Å². The third-order valence-electron chi connectivity index (χ3n) is 3.56. The van der Waals surface area contributed by atoms with Crippen molar-refractivity contribution in [3.8, 4) is 0 Å². The first-order valence-corrected chi connectivity index (χ1v) is 7.51. The molecule has 0 spiro atoms. The van der Waals surface area contributed by atoms with Crippen LogP contribution in [0.4, 0.5) is 5.69 Å². The molecule has 0 aliphatic carbocycles. The lowest BCUT2D eigenvalue weighted by Gasteiger charge is -2.34. The zero-order valence-corrected chi connectivity index (χ0v) is 13.0. The number of hydrogen-bond donors (Lipinski definition) is 2. The van der Waals surface area contributed by atoms with Gasteiger partial charge in [-0.15, -0.1) is 0 Å². The Morgan fingerprint density at radius 1 is 1.43 bits per heavy atom. The highest BCUT2D eigenvalue weighted by Gasteiger charge is 2.25. The van der Waals surface area contributed by atoms with E-state index in [2.05, 4.69) is 20.8 Å². The second-order valence-electron chi connectivity index (χ2n) is 5.06. The van der Waals surface area contributed by atoms with Crippen molar-refractivity contribution in [3.05, 3.63) is 34.3 Å². The average Bonchev–Trinajstić information content (AvgIpc) is 2.46. The van der Waals surface area contributed by atoms with Crippen LogP contribution in [0.15, 0.2) is 28.7 Å². The molecular formula is C15H17BrN2O3.